The summed E-state index contributed by atoms with van der Waals surface area (Å²) in [7, 11) is -3.53. The summed E-state index contributed by atoms with van der Waals surface area (Å²) in [5.41, 5.74) is 5.81. The molecule has 0 saturated carbocycles. The Morgan fingerprint density at radius 1 is 1.21 bits per heavy atom. The third-order valence-electron chi connectivity index (χ3n) is 3.66. The Bertz CT molecular complexity index is 531. The molecule has 0 radical (unpaired) electrons. The SMILES string of the molecule is CCC(CC)(CC)NS(=O)(=O)c1ccc(N)c(Br)c1. The zero-order valence-corrected chi connectivity index (χ0v) is 13.9. The molecule has 0 atom stereocenters. The lowest BCUT2D eigenvalue weighted by atomic mass is 9.91. The summed E-state index contributed by atoms with van der Waals surface area (Å²) in [6.45, 7) is 5.98. The monoisotopic (exact) mass is 348 g/mol. The number of nitrogens with one attached hydrogen (secondary N) is 1. The van der Waals surface area contributed by atoms with Crippen LogP contribution in [0.3, 0.4) is 0 Å². The molecule has 1 aromatic carbocycles. The normalized spacial score (nSPS) is 12.6. The largest absolute Gasteiger partial charge is 0.398 e. The zero-order valence-electron chi connectivity index (χ0n) is 11.5. The number of nitrogens with two attached hydrogens (primary N) is 1. The van der Waals surface area contributed by atoms with Gasteiger partial charge in [-0.25, -0.2) is 13.1 Å². The van der Waals surface area contributed by atoms with Gasteiger partial charge in [0.1, 0.15) is 0 Å². The molecular weight excluding hydrogens is 328 g/mol. The second kappa shape index (κ2) is 6.24. The van der Waals surface area contributed by atoms with E-state index in [1.165, 1.54) is 12.1 Å². The van der Waals surface area contributed by atoms with Gasteiger partial charge in [-0.05, 0) is 53.4 Å². The van der Waals surface area contributed by atoms with Gasteiger partial charge in [0.15, 0.2) is 0 Å². The fourth-order valence-electron chi connectivity index (χ4n) is 1.99. The fraction of sp³-hybridized carbons (Fsp3) is 0.538. The minimum absolute atomic E-state index is 0.230. The van der Waals surface area contributed by atoms with Gasteiger partial charge in [0.05, 0.1) is 4.90 Å². The summed E-state index contributed by atoms with van der Waals surface area (Å²) in [5.74, 6) is 0. The van der Waals surface area contributed by atoms with E-state index in [-0.39, 0.29) is 10.4 Å². The average molecular weight is 349 g/mol. The third-order valence-corrected chi connectivity index (χ3v) is 5.93. The van der Waals surface area contributed by atoms with E-state index in [2.05, 4.69) is 20.7 Å². The van der Waals surface area contributed by atoms with Crippen molar-refractivity contribution in [3.8, 4) is 0 Å². The second-order valence-electron chi connectivity index (χ2n) is 4.63. The molecule has 0 spiro atoms. The Kier molecular flexibility index (Phi) is 5.41. The van der Waals surface area contributed by atoms with Gasteiger partial charge in [0, 0.05) is 15.7 Å². The van der Waals surface area contributed by atoms with Crippen LogP contribution in [0.2, 0.25) is 0 Å². The van der Waals surface area contributed by atoms with Gasteiger partial charge in [-0.15, -0.1) is 0 Å². The van der Waals surface area contributed by atoms with Crippen molar-refractivity contribution in [2.45, 2.75) is 50.5 Å². The van der Waals surface area contributed by atoms with Gasteiger partial charge in [-0.2, -0.15) is 0 Å². The average Bonchev–Trinajstić information content (AvgIpc) is 2.39. The number of anilines is 1. The highest BCUT2D eigenvalue weighted by Crippen LogP contribution is 2.26. The standard InChI is InChI=1S/C13H21BrN2O2S/c1-4-13(5-2,6-3)16-19(17,18)10-7-8-12(15)11(14)9-10/h7-9,16H,4-6,15H2,1-3H3. The van der Waals surface area contributed by atoms with E-state index in [1.807, 2.05) is 20.8 Å². The Hall–Kier alpha value is -0.590. The summed E-state index contributed by atoms with van der Waals surface area (Å²) < 4.78 is 28.2. The van der Waals surface area contributed by atoms with Gasteiger partial charge >= 0.3 is 0 Å². The van der Waals surface area contributed by atoms with E-state index in [9.17, 15) is 8.42 Å². The topological polar surface area (TPSA) is 72.2 Å². The van der Waals surface area contributed by atoms with Gasteiger partial charge in [0.2, 0.25) is 10.0 Å². The van der Waals surface area contributed by atoms with Crippen molar-refractivity contribution in [2.24, 2.45) is 0 Å². The molecule has 0 aliphatic carbocycles. The van der Waals surface area contributed by atoms with Crippen LogP contribution in [-0.2, 0) is 10.0 Å². The van der Waals surface area contributed by atoms with E-state index < -0.39 is 10.0 Å². The highest BCUT2D eigenvalue weighted by Gasteiger charge is 2.30. The molecule has 0 aromatic heterocycles. The molecule has 0 unspecified atom stereocenters. The fourth-order valence-corrected chi connectivity index (χ4v) is 4.16. The predicted molar refractivity (Wildman–Crippen MR) is 82.5 cm³/mol. The van der Waals surface area contributed by atoms with Crippen molar-refractivity contribution in [3.05, 3.63) is 22.7 Å². The molecule has 0 heterocycles. The minimum atomic E-state index is -3.53. The predicted octanol–water partition coefficient (Wildman–Crippen LogP) is 3.28. The van der Waals surface area contributed by atoms with Crippen LogP contribution in [0.25, 0.3) is 0 Å². The molecule has 0 bridgehead atoms. The van der Waals surface area contributed by atoms with Crippen LogP contribution in [0.15, 0.2) is 27.6 Å². The Morgan fingerprint density at radius 3 is 2.16 bits per heavy atom. The number of hydrogen-bond donors (Lipinski definition) is 2. The summed E-state index contributed by atoms with van der Waals surface area (Å²) in [4.78, 5) is 0.230. The number of nitrogen functional groups attached to an aromatic ring is 1. The smallest absolute Gasteiger partial charge is 0.241 e. The van der Waals surface area contributed by atoms with E-state index in [0.29, 0.717) is 10.2 Å². The number of halogens is 1. The molecule has 0 fully saturated rings. The highest BCUT2D eigenvalue weighted by molar-refractivity contribution is 9.10. The first kappa shape index (κ1) is 16.5. The molecule has 1 rings (SSSR count). The summed E-state index contributed by atoms with van der Waals surface area (Å²) >= 11 is 3.25. The molecular formula is C13H21BrN2O2S. The quantitative estimate of drug-likeness (QED) is 0.774. The first-order valence-corrected chi connectivity index (χ1v) is 8.67. The molecule has 0 aliphatic heterocycles. The highest BCUT2D eigenvalue weighted by atomic mass is 79.9. The van der Waals surface area contributed by atoms with Crippen LogP contribution < -0.4 is 10.5 Å². The first-order valence-electron chi connectivity index (χ1n) is 6.39. The molecule has 1 aromatic rings. The van der Waals surface area contributed by atoms with Crippen LogP contribution >= 0.6 is 15.9 Å². The lowest BCUT2D eigenvalue weighted by Crippen LogP contribution is -2.46. The third kappa shape index (κ3) is 3.70. The van der Waals surface area contributed by atoms with E-state index in [0.717, 1.165) is 19.3 Å². The van der Waals surface area contributed by atoms with Crippen LogP contribution in [-0.4, -0.2) is 14.0 Å². The summed E-state index contributed by atoms with van der Waals surface area (Å²) in [6.07, 6.45) is 2.28. The number of rotatable bonds is 6. The van der Waals surface area contributed by atoms with Gasteiger partial charge in [-0.1, -0.05) is 20.8 Å². The molecule has 19 heavy (non-hydrogen) atoms. The second-order valence-corrected chi connectivity index (χ2v) is 7.17. The summed E-state index contributed by atoms with van der Waals surface area (Å²) in [6, 6.07) is 4.64. The number of benzene rings is 1. The first-order chi connectivity index (χ1) is 8.80. The Morgan fingerprint density at radius 2 is 1.74 bits per heavy atom. The molecule has 108 valence electrons. The van der Waals surface area contributed by atoms with Crippen LogP contribution in [0.5, 0.6) is 0 Å². The zero-order chi connectivity index (χ0) is 14.7. The van der Waals surface area contributed by atoms with Gasteiger partial charge in [-0.3, -0.25) is 0 Å². The van der Waals surface area contributed by atoms with Gasteiger partial charge < -0.3 is 5.73 Å². The van der Waals surface area contributed by atoms with Gasteiger partial charge in [0.25, 0.3) is 0 Å². The Balaban J connectivity index is 3.14. The molecule has 0 amide bonds. The molecule has 0 aliphatic rings. The maximum Gasteiger partial charge on any atom is 0.241 e. The van der Waals surface area contributed by atoms with Crippen molar-refractivity contribution in [3.63, 3.8) is 0 Å². The van der Waals surface area contributed by atoms with Crippen LogP contribution in [0, 0.1) is 0 Å². The van der Waals surface area contributed by atoms with Crippen molar-refractivity contribution in [2.75, 3.05) is 5.73 Å². The lowest BCUT2D eigenvalue weighted by Gasteiger charge is -2.31. The van der Waals surface area contributed by atoms with Crippen molar-refractivity contribution < 1.29 is 8.42 Å². The van der Waals surface area contributed by atoms with Crippen LogP contribution in [0.4, 0.5) is 5.69 Å². The lowest BCUT2D eigenvalue weighted by molar-refractivity contribution is 0.341. The minimum Gasteiger partial charge on any atom is -0.398 e. The molecule has 0 saturated heterocycles. The molecule has 6 heteroatoms. The number of hydrogen-bond acceptors (Lipinski definition) is 3. The van der Waals surface area contributed by atoms with E-state index >= 15 is 0 Å². The maximum atomic E-state index is 12.4. The maximum absolute atomic E-state index is 12.4. The molecule has 3 N–H and O–H groups in total. The van der Waals surface area contributed by atoms with Crippen molar-refractivity contribution in [1.82, 2.24) is 4.72 Å². The van der Waals surface area contributed by atoms with Crippen LogP contribution in [0.1, 0.15) is 40.0 Å². The number of sulfonamides is 1. The van der Waals surface area contributed by atoms with E-state index in [4.69, 9.17) is 5.73 Å². The summed E-state index contributed by atoms with van der Waals surface area (Å²) in [5, 5.41) is 0. The Labute approximate surface area is 124 Å². The van der Waals surface area contributed by atoms with Crippen molar-refractivity contribution in [1.29, 1.82) is 0 Å². The van der Waals surface area contributed by atoms with E-state index in [1.54, 1.807) is 6.07 Å². The molecule has 4 nitrogen and oxygen atoms in total. The van der Waals surface area contributed by atoms with Crippen molar-refractivity contribution >= 4 is 31.6 Å².